The largest absolute Gasteiger partial charge is 0.396 e. The Hall–Kier alpha value is -2.80. The fourth-order valence-electron chi connectivity index (χ4n) is 2.53. The number of nitrogen functional groups attached to an aromatic ring is 1. The van der Waals surface area contributed by atoms with Crippen LogP contribution in [-0.2, 0) is 0 Å². The van der Waals surface area contributed by atoms with Crippen LogP contribution in [0.15, 0.2) is 30.9 Å². The van der Waals surface area contributed by atoms with E-state index >= 15 is 0 Å². The van der Waals surface area contributed by atoms with Crippen LogP contribution in [0, 0.1) is 5.82 Å². The Morgan fingerprint density at radius 1 is 1.28 bits per heavy atom. The highest BCUT2D eigenvalue weighted by molar-refractivity contribution is 6.33. The van der Waals surface area contributed by atoms with Crippen LogP contribution in [0.3, 0.4) is 0 Å². The summed E-state index contributed by atoms with van der Waals surface area (Å²) in [5.41, 5.74) is 6.81. The van der Waals surface area contributed by atoms with Gasteiger partial charge in [-0.15, -0.1) is 0 Å². The number of anilines is 1. The van der Waals surface area contributed by atoms with Crippen LogP contribution in [0.5, 0.6) is 0 Å². The van der Waals surface area contributed by atoms with Gasteiger partial charge in [0.2, 0.25) is 0 Å². The van der Waals surface area contributed by atoms with E-state index in [1.54, 1.807) is 0 Å². The van der Waals surface area contributed by atoms with E-state index in [-0.39, 0.29) is 33.6 Å². The first-order valence-electron chi connectivity index (χ1n) is 7.65. The number of amides is 1. The van der Waals surface area contributed by atoms with Crippen molar-refractivity contribution in [1.29, 1.82) is 0 Å². The summed E-state index contributed by atoms with van der Waals surface area (Å²) in [6, 6.07) is 2.77. The van der Waals surface area contributed by atoms with Crippen LogP contribution < -0.4 is 11.1 Å². The molecule has 0 bridgehead atoms. The highest BCUT2D eigenvalue weighted by Gasteiger charge is 2.19. The number of benzene rings is 1. The maximum Gasteiger partial charge on any atom is 0.272 e. The van der Waals surface area contributed by atoms with Gasteiger partial charge in [-0.05, 0) is 18.6 Å². The molecule has 8 heteroatoms. The van der Waals surface area contributed by atoms with Crippen LogP contribution in [0.4, 0.5) is 10.1 Å². The smallest absolute Gasteiger partial charge is 0.272 e. The first kappa shape index (κ1) is 17.0. The number of carbonyl (C=O) groups is 1. The predicted octanol–water partition coefficient (Wildman–Crippen LogP) is 3.21. The van der Waals surface area contributed by atoms with E-state index in [0.717, 1.165) is 6.42 Å². The zero-order valence-electron chi connectivity index (χ0n) is 13.4. The Bertz CT molecular complexity index is 963. The maximum atomic E-state index is 14.5. The van der Waals surface area contributed by atoms with E-state index in [4.69, 9.17) is 17.3 Å². The number of rotatable bonds is 4. The number of nitrogens with one attached hydrogen (secondary N) is 1. The predicted molar refractivity (Wildman–Crippen MR) is 94.8 cm³/mol. The molecule has 128 valence electrons. The van der Waals surface area contributed by atoms with Crippen LogP contribution in [0.25, 0.3) is 22.0 Å². The average molecular weight is 360 g/mol. The molecular formula is C17H15ClFN5O. The summed E-state index contributed by atoms with van der Waals surface area (Å²) in [6.45, 7) is 2.46. The van der Waals surface area contributed by atoms with E-state index in [9.17, 15) is 9.18 Å². The van der Waals surface area contributed by atoms with Gasteiger partial charge in [-0.3, -0.25) is 4.79 Å². The van der Waals surface area contributed by atoms with Gasteiger partial charge in [0, 0.05) is 35.3 Å². The lowest BCUT2D eigenvalue weighted by atomic mass is 10.0. The van der Waals surface area contributed by atoms with Gasteiger partial charge in [0.25, 0.3) is 5.91 Å². The quantitative estimate of drug-likeness (QED) is 0.746. The van der Waals surface area contributed by atoms with Crippen LogP contribution in [-0.4, -0.2) is 27.4 Å². The zero-order valence-corrected chi connectivity index (χ0v) is 14.1. The number of hydrogen-bond donors (Lipinski definition) is 2. The Labute approximate surface area is 148 Å². The number of fused-ring (bicyclic) bond motifs is 1. The van der Waals surface area contributed by atoms with Crippen LogP contribution in [0.1, 0.15) is 23.8 Å². The standard InChI is InChI=1S/C17H15ClFN5O/c1-2-5-22-17(25)16-14(20)9-3-4-12(19)13(10(9)6-23-16)15-11(18)7-21-8-24-15/h3-4,6-8H,2,5,20H2,1H3,(H,22,25). The lowest BCUT2D eigenvalue weighted by Gasteiger charge is -2.12. The fourth-order valence-corrected chi connectivity index (χ4v) is 2.73. The van der Waals surface area contributed by atoms with Crippen LogP contribution in [0.2, 0.25) is 5.02 Å². The fraction of sp³-hybridized carbons (Fsp3) is 0.176. The Balaban J connectivity index is 2.21. The van der Waals surface area contributed by atoms with Gasteiger partial charge in [-0.1, -0.05) is 18.5 Å². The summed E-state index contributed by atoms with van der Waals surface area (Å²) in [5.74, 6) is -0.885. The lowest BCUT2D eigenvalue weighted by molar-refractivity contribution is 0.0950. The van der Waals surface area contributed by atoms with Crippen molar-refractivity contribution in [2.24, 2.45) is 0 Å². The first-order chi connectivity index (χ1) is 12.0. The van der Waals surface area contributed by atoms with Gasteiger partial charge >= 0.3 is 0 Å². The van der Waals surface area contributed by atoms with Crippen molar-refractivity contribution in [1.82, 2.24) is 20.3 Å². The molecule has 2 aromatic heterocycles. The molecule has 6 nitrogen and oxygen atoms in total. The zero-order chi connectivity index (χ0) is 18.0. The minimum Gasteiger partial charge on any atom is -0.396 e. The first-order valence-corrected chi connectivity index (χ1v) is 8.03. The van der Waals surface area contributed by atoms with Crippen LogP contribution >= 0.6 is 11.6 Å². The van der Waals surface area contributed by atoms with E-state index in [2.05, 4.69) is 20.3 Å². The molecule has 3 rings (SSSR count). The van der Waals surface area contributed by atoms with Gasteiger partial charge in [-0.25, -0.2) is 19.3 Å². The minimum absolute atomic E-state index is 0.104. The number of pyridine rings is 1. The lowest BCUT2D eigenvalue weighted by Crippen LogP contribution is -2.26. The molecule has 0 atom stereocenters. The molecule has 0 fully saturated rings. The summed E-state index contributed by atoms with van der Waals surface area (Å²) in [7, 11) is 0. The summed E-state index contributed by atoms with van der Waals surface area (Å²) in [6.07, 6.45) is 4.86. The Morgan fingerprint density at radius 3 is 2.80 bits per heavy atom. The third-order valence-electron chi connectivity index (χ3n) is 3.72. The van der Waals surface area contributed by atoms with Gasteiger partial charge in [0.1, 0.15) is 12.1 Å². The molecule has 0 unspecified atom stereocenters. The molecule has 1 aromatic carbocycles. The third-order valence-corrected chi connectivity index (χ3v) is 3.99. The van der Waals surface area contributed by atoms with Crippen molar-refractivity contribution in [3.8, 4) is 11.3 Å². The summed E-state index contributed by atoms with van der Waals surface area (Å²) in [4.78, 5) is 24.2. The highest BCUT2D eigenvalue weighted by Crippen LogP contribution is 2.36. The van der Waals surface area contributed by atoms with E-state index < -0.39 is 5.82 Å². The number of carbonyl (C=O) groups excluding carboxylic acids is 1. The normalized spacial score (nSPS) is 10.8. The number of halogens is 2. The van der Waals surface area contributed by atoms with E-state index in [0.29, 0.717) is 17.3 Å². The second kappa shape index (κ2) is 6.98. The monoisotopic (exact) mass is 359 g/mol. The van der Waals surface area contributed by atoms with Crippen molar-refractivity contribution >= 4 is 34.0 Å². The second-order valence-corrected chi connectivity index (χ2v) is 5.79. The van der Waals surface area contributed by atoms with Crippen molar-refractivity contribution in [2.45, 2.75) is 13.3 Å². The molecule has 0 saturated heterocycles. The minimum atomic E-state index is -0.516. The molecule has 0 spiro atoms. The average Bonchev–Trinajstić information content (AvgIpc) is 2.61. The molecule has 2 heterocycles. The van der Waals surface area contributed by atoms with Crippen molar-refractivity contribution in [3.63, 3.8) is 0 Å². The molecule has 0 aliphatic carbocycles. The maximum absolute atomic E-state index is 14.5. The van der Waals surface area contributed by atoms with Gasteiger partial charge in [-0.2, -0.15) is 0 Å². The molecule has 0 aliphatic heterocycles. The molecule has 3 aromatic rings. The molecule has 3 N–H and O–H groups in total. The number of nitrogens with two attached hydrogens (primary N) is 1. The van der Waals surface area contributed by atoms with Gasteiger partial charge in [0.05, 0.1) is 16.4 Å². The van der Waals surface area contributed by atoms with Gasteiger partial charge < -0.3 is 11.1 Å². The molecule has 0 aliphatic rings. The third kappa shape index (κ3) is 3.10. The Kier molecular flexibility index (Phi) is 4.76. The van der Waals surface area contributed by atoms with Crippen molar-refractivity contribution in [2.75, 3.05) is 12.3 Å². The molecular weight excluding hydrogens is 345 g/mol. The van der Waals surface area contributed by atoms with Gasteiger partial charge in [0.15, 0.2) is 5.69 Å². The summed E-state index contributed by atoms with van der Waals surface area (Å²) < 4.78 is 14.5. The topological polar surface area (TPSA) is 93.8 Å². The number of nitrogens with zero attached hydrogens (tertiary/aromatic N) is 3. The molecule has 1 amide bonds. The summed E-state index contributed by atoms with van der Waals surface area (Å²) in [5, 5.41) is 3.85. The van der Waals surface area contributed by atoms with E-state index in [1.807, 2.05) is 6.92 Å². The van der Waals surface area contributed by atoms with Crippen molar-refractivity contribution < 1.29 is 9.18 Å². The van der Waals surface area contributed by atoms with E-state index in [1.165, 1.54) is 30.9 Å². The molecule has 25 heavy (non-hydrogen) atoms. The SMILES string of the molecule is CCCNC(=O)c1ncc2c(-c3ncncc3Cl)c(F)ccc2c1N. The second-order valence-electron chi connectivity index (χ2n) is 5.38. The summed E-state index contributed by atoms with van der Waals surface area (Å²) >= 11 is 6.10. The number of hydrogen-bond acceptors (Lipinski definition) is 5. The highest BCUT2D eigenvalue weighted by atomic mass is 35.5. The molecule has 0 radical (unpaired) electrons. The number of aromatic nitrogens is 3. The Morgan fingerprint density at radius 2 is 2.08 bits per heavy atom. The molecule has 0 saturated carbocycles. The van der Waals surface area contributed by atoms with Crippen molar-refractivity contribution in [3.05, 3.63) is 47.4 Å².